The molecular weight excluding hydrogens is 135 g/mol. The van der Waals surface area contributed by atoms with E-state index in [0.717, 1.165) is 0 Å². The van der Waals surface area contributed by atoms with Gasteiger partial charge in [-0.2, -0.15) is 0 Å². The van der Waals surface area contributed by atoms with Crippen molar-refractivity contribution in [3.63, 3.8) is 0 Å². The molecule has 0 spiro atoms. The first-order valence-corrected chi connectivity index (χ1v) is 0.651. The maximum Gasteiger partial charge on any atom is 1.00 e. The molecule has 6 heavy (non-hydrogen) atoms. The van der Waals surface area contributed by atoms with Gasteiger partial charge < -0.3 is 11.6 Å². The number of halogens is 1. The molecular formula is CH4ClKO3. The second kappa shape index (κ2) is 9.50. The van der Waals surface area contributed by atoms with Gasteiger partial charge in [-0.25, -0.2) is 4.79 Å². The van der Waals surface area contributed by atoms with Gasteiger partial charge in [0.05, 0.1) is 0 Å². The number of carboxylic acid groups (broad SMARTS) is 2. The molecule has 0 aromatic heterocycles. The van der Waals surface area contributed by atoms with Crippen molar-refractivity contribution in [3.8, 4) is 0 Å². The van der Waals surface area contributed by atoms with Crippen LogP contribution in [0.4, 0.5) is 4.79 Å². The molecule has 34 valence electrons. The van der Waals surface area contributed by atoms with Crippen molar-refractivity contribution >= 4 is 18.6 Å². The van der Waals surface area contributed by atoms with E-state index >= 15 is 0 Å². The van der Waals surface area contributed by atoms with Gasteiger partial charge in [0.1, 0.15) is 0 Å². The summed E-state index contributed by atoms with van der Waals surface area (Å²) in [5.41, 5.74) is 0. The minimum Gasteiger partial charge on any atom is -1.00 e. The fourth-order valence-corrected chi connectivity index (χ4v) is 0. The maximum absolute atomic E-state index is 8.56. The first kappa shape index (κ1) is 15.7. The summed E-state index contributed by atoms with van der Waals surface area (Å²) in [6.45, 7) is 0. The second-order valence-corrected chi connectivity index (χ2v) is 0.283. The fourth-order valence-electron chi connectivity index (χ4n) is 0. The van der Waals surface area contributed by atoms with Crippen LogP contribution in [-0.2, 0) is 0 Å². The third-order valence-corrected chi connectivity index (χ3v) is 0. The van der Waals surface area contributed by atoms with Crippen LogP contribution in [0.25, 0.3) is 0 Å². The number of rotatable bonds is 0. The molecule has 2 N–H and O–H groups in total. The first-order chi connectivity index (χ1) is 1.73. The SMILES string of the molecule is Cl.O=C(O)O.[H-].[K+]. The van der Waals surface area contributed by atoms with Crippen LogP contribution in [0.5, 0.6) is 0 Å². The smallest absolute Gasteiger partial charge is 1.00 e. The van der Waals surface area contributed by atoms with Crippen molar-refractivity contribution in [2.45, 2.75) is 0 Å². The van der Waals surface area contributed by atoms with Crippen molar-refractivity contribution in [2.24, 2.45) is 0 Å². The standard InChI is InChI=1S/CH2O3.ClH.K.H/c2-1(3)4;;;/h(H2,2,3,4);1H;;/q;;+1;-1. The Hall–Kier alpha value is 1.20. The zero-order chi connectivity index (χ0) is 3.58. The summed E-state index contributed by atoms with van der Waals surface area (Å²) >= 11 is 0. The van der Waals surface area contributed by atoms with Gasteiger partial charge in [-0.1, -0.05) is 0 Å². The van der Waals surface area contributed by atoms with Gasteiger partial charge in [0.25, 0.3) is 0 Å². The van der Waals surface area contributed by atoms with E-state index in [2.05, 4.69) is 0 Å². The number of hydrogen-bond donors (Lipinski definition) is 2. The van der Waals surface area contributed by atoms with Crippen LogP contribution in [0.15, 0.2) is 0 Å². The zero-order valence-electron chi connectivity index (χ0n) is 4.21. The van der Waals surface area contributed by atoms with E-state index in [4.69, 9.17) is 15.0 Å². The summed E-state index contributed by atoms with van der Waals surface area (Å²) in [5.74, 6) is 0. The van der Waals surface area contributed by atoms with Crippen LogP contribution in [-0.4, -0.2) is 16.4 Å². The van der Waals surface area contributed by atoms with Gasteiger partial charge in [0.15, 0.2) is 0 Å². The maximum atomic E-state index is 8.56. The van der Waals surface area contributed by atoms with Crippen molar-refractivity contribution < 1.29 is 67.8 Å². The molecule has 5 heteroatoms. The first-order valence-electron chi connectivity index (χ1n) is 0.651. The van der Waals surface area contributed by atoms with E-state index in [1.54, 1.807) is 0 Å². The molecule has 0 saturated heterocycles. The van der Waals surface area contributed by atoms with Crippen LogP contribution < -0.4 is 51.4 Å². The monoisotopic (exact) mass is 138 g/mol. The topological polar surface area (TPSA) is 57.5 Å². The van der Waals surface area contributed by atoms with Crippen molar-refractivity contribution in [1.82, 2.24) is 0 Å². The van der Waals surface area contributed by atoms with E-state index in [1.165, 1.54) is 0 Å². The number of carbonyl (C=O) groups is 1. The summed E-state index contributed by atoms with van der Waals surface area (Å²) in [6, 6.07) is 0. The third-order valence-electron chi connectivity index (χ3n) is 0. The molecule has 0 aromatic carbocycles. The Kier molecular flexibility index (Phi) is 24.8. The Morgan fingerprint density at radius 1 is 1.50 bits per heavy atom. The Bertz CT molecular complexity index is 37.9. The van der Waals surface area contributed by atoms with Crippen molar-refractivity contribution in [2.75, 3.05) is 0 Å². The summed E-state index contributed by atoms with van der Waals surface area (Å²) in [7, 11) is 0. The second-order valence-electron chi connectivity index (χ2n) is 0.283. The molecule has 3 nitrogen and oxygen atoms in total. The zero-order valence-corrected chi connectivity index (χ0v) is 7.15. The molecule has 0 heterocycles. The molecule has 0 unspecified atom stereocenters. The molecule has 0 aliphatic carbocycles. The van der Waals surface area contributed by atoms with E-state index in [-0.39, 0.29) is 65.2 Å². The molecule has 0 atom stereocenters. The summed E-state index contributed by atoms with van der Waals surface area (Å²) in [5, 5.41) is 13.9. The predicted molar refractivity (Wildman–Crippen MR) is 19.0 cm³/mol. The van der Waals surface area contributed by atoms with Crippen molar-refractivity contribution in [3.05, 3.63) is 0 Å². The average Bonchev–Trinajstić information content (AvgIpc) is 0.811. The minimum atomic E-state index is -1.83. The summed E-state index contributed by atoms with van der Waals surface area (Å²) in [4.78, 5) is 8.56. The molecule has 0 aliphatic heterocycles. The Morgan fingerprint density at radius 3 is 1.50 bits per heavy atom. The van der Waals surface area contributed by atoms with Crippen LogP contribution in [0, 0.1) is 0 Å². The Morgan fingerprint density at radius 2 is 1.50 bits per heavy atom. The molecule has 0 amide bonds. The van der Waals surface area contributed by atoms with Crippen LogP contribution in [0.3, 0.4) is 0 Å². The average molecular weight is 139 g/mol. The van der Waals surface area contributed by atoms with Gasteiger partial charge in [-0.3, -0.25) is 0 Å². The fraction of sp³-hybridized carbons (Fsp3) is 0. The van der Waals surface area contributed by atoms with Crippen molar-refractivity contribution in [1.29, 1.82) is 0 Å². The molecule has 0 aliphatic rings. The molecule has 0 saturated carbocycles. The molecule has 0 bridgehead atoms. The van der Waals surface area contributed by atoms with Gasteiger partial charge in [-0.15, -0.1) is 12.4 Å². The molecule has 0 rings (SSSR count). The van der Waals surface area contributed by atoms with Gasteiger partial charge >= 0.3 is 57.5 Å². The normalized spacial score (nSPS) is 4.00. The molecule has 0 fully saturated rings. The summed E-state index contributed by atoms with van der Waals surface area (Å²) in [6.07, 6.45) is -1.83. The van der Waals surface area contributed by atoms with Crippen LogP contribution in [0.1, 0.15) is 1.43 Å². The Labute approximate surface area is 85.0 Å². The van der Waals surface area contributed by atoms with E-state index in [9.17, 15) is 0 Å². The number of hydrogen-bond acceptors (Lipinski definition) is 1. The van der Waals surface area contributed by atoms with Gasteiger partial charge in [0, 0.05) is 0 Å². The largest absolute Gasteiger partial charge is 1.00 e. The van der Waals surface area contributed by atoms with Crippen LogP contribution >= 0.6 is 12.4 Å². The van der Waals surface area contributed by atoms with E-state index in [0.29, 0.717) is 0 Å². The van der Waals surface area contributed by atoms with Crippen LogP contribution in [0.2, 0.25) is 0 Å². The van der Waals surface area contributed by atoms with E-state index in [1.807, 2.05) is 0 Å². The third kappa shape index (κ3) is 63.9. The van der Waals surface area contributed by atoms with Gasteiger partial charge in [0.2, 0.25) is 0 Å². The minimum absolute atomic E-state index is 0. The summed E-state index contributed by atoms with van der Waals surface area (Å²) < 4.78 is 0. The predicted octanol–water partition coefficient (Wildman–Crippen LogP) is -2.24. The molecule has 0 aromatic rings. The van der Waals surface area contributed by atoms with Gasteiger partial charge in [-0.05, 0) is 0 Å². The van der Waals surface area contributed by atoms with E-state index < -0.39 is 6.16 Å². The quantitative estimate of drug-likeness (QED) is 0.373. The Balaban J connectivity index is -0.0000000150. The molecule has 0 radical (unpaired) electrons.